The second-order valence-electron chi connectivity index (χ2n) is 13.6. The highest BCUT2D eigenvalue weighted by atomic mass is 19.3. The second kappa shape index (κ2) is 13.2. The summed E-state index contributed by atoms with van der Waals surface area (Å²) >= 11 is 0. The molecule has 0 aliphatic carbocycles. The van der Waals surface area contributed by atoms with Gasteiger partial charge in [-0.15, -0.1) is 0 Å². The van der Waals surface area contributed by atoms with Gasteiger partial charge in [-0.1, -0.05) is 18.2 Å². The molecule has 48 heavy (non-hydrogen) atoms. The predicted molar refractivity (Wildman–Crippen MR) is 176 cm³/mol. The normalized spacial score (nSPS) is 17.7. The summed E-state index contributed by atoms with van der Waals surface area (Å²) in [6.07, 6.45) is 4.47. The lowest BCUT2D eigenvalue weighted by Crippen LogP contribution is -2.35. The summed E-state index contributed by atoms with van der Waals surface area (Å²) in [4.78, 5) is 25.1. The minimum absolute atomic E-state index is 0.140. The monoisotopic (exact) mass is 658 g/mol. The lowest BCUT2D eigenvalue weighted by atomic mass is 9.93. The standard InChI is InChI=1S/C36H40F2N6O4/c1-36(2,3)48-34(45)25-9-10-29-31(18-25)43(20-27-13-16-46-27)32(40-29)21-42-14-11-24(12-15-42)28-5-4-6-33(41-28)47-22-23-7-8-26-19-39-44(35(37)38)30(26)17-23/h4-10,17-19,24,27,35H,11-16,20-22H2,1-3H3. The van der Waals surface area contributed by atoms with E-state index in [1.54, 1.807) is 18.2 Å². The molecule has 0 N–H and O–H groups in total. The van der Waals surface area contributed by atoms with E-state index in [0.717, 1.165) is 67.1 Å². The number of likely N-dealkylation sites (tertiary alicyclic amines) is 1. The fourth-order valence-corrected chi connectivity index (χ4v) is 6.40. The molecule has 0 spiro atoms. The number of aromatic nitrogens is 5. The molecule has 2 saturated heterocycles. The summed E-state index contributed by atoms with van der Waals surface area (Å²) in [7, 11) is 0. The Labute approximate surface area is 277 Å². The van der Waals surface area contributed by atoms with Crippen molar-refractivity contribution in [2.75, 3.05) is 19.7 Å². The Morgan fingerprint density at radius 3 is 2.56 bits per heavy atom. The zero-order valence-electron chi connectivity index (χ0n) is 27.4. The number of piperidine rings is 1. The molecule has 0 amide bonds. The maximum Gasteiger partial charge on any atom is 0.338 e. The quantitative estimate of drug-likeness (QED) is 0.150. The average Bonchev–Trinajstić information content (AvgIpc) is 3.62. The molecule has 2 aliphatic heterocycles. The van der Waals surface area contributed by atoms with Gasteiger partial charge in [0, 0.05) is 29.7 Å². The SMILES string of the molecule is CC(C)(C)OC(=O)c1ccc2nc(CN3CCC(c4cccc(OCc5ccc6cnn(C(F)F)c6c5)n4)CC3)n(CC3CCO3)c2c1. The largest absolute Gasteiger partial charge is 0.473 e. The first-order valence-corrected chi connectivity index (χ1v) is 16.5. The van der Waals surface area contributed by atoms with Crippen molar-refractivity contribution in [1.29, 1.82) is 0 Å². The molecule has 1 unspecified atom stereocenters. The summed E-state index contributed by atoms with van der Waals surface area (Å²) in [6, 6.07) is 16.7. The number of hydrogen-bond acceptors (Lipinski definition) is 8. The molecule has 2 aliphatic rings. The summed E-state index contributed by atoms with van der Waals surface area (Å²) < 4.78 is 46.9. The zero-order valence-corrected chi connectivity index (χ0v) is 27.4. The van der Waals surface area contributed by atoms with E-state index in [1.165, 1.54) is 6.20 Å². The number of nitrogens with zero attached hydrogens (tertiary/aromatic N) is 6. The number of imidazole rings is 1. The molecular weight excluding hydrogens is 618 g/mol. The van der Waals surface area contributed by atoms with Gasteiger partial charge in [0.05, 0.1) is 47.5 Å². The van der Waals surface area contributed by atoms with Gasteiger partial charge in [-0.2, -0.15) is 13.9 Å². The van der Waals surface area contributed by atoms with Crippen LogP contribution in [0, 0.1) is 0 Å². The molecule has 1 atom stereocenters. The van der Waals surface area contributed by atoms with Gasteiger partial charge < -0.3 is 18.8 Å². The van der Waals surface area contributed by atoms with Crippen LogP contribution < -0.4 is 4.74 Å². The number of carbonyl (C=O) groups is 1. The Hall–Kier alpha value is -4.42. The van der Waals surface area contributed by atoms with Crippen LogP contribution in [-0.4, -0.2) is 66.6 Å². The maximum atomic E-state index is 13.3. The van der Waals surface area contributed by atoms with Crippen LogP contribution in [0.2, 0.25) is 0 Å². The van der Waals surface area contributed by atoms with Crippen molar-refractivity contribution < 1.29 is 27.8 Å². The minimum Gasteiger partial charge on any atom is -0.473 e. The number of halogens is 2. The van der Waals surface area contributed by atoms with E-state index in [-0.39, 0.29) is 18.7 Å². The molecule has 0 radical (unpaired) electrons. The Balaban J connectivity index is 1.00. The third kappa shape index (κ3) is 7.05. The van der Waals surface area contributed by atoms with E-state index in [4.69, 9.17) is 24.2 Å². The summed E-state index contributed by atoms with van der Waals surface area (Å²) in [5, 5.41) is 4.44. The zero-order chi connectivity index (χ0) is 33.4. The third-order valence-corrected chi connectivity index (χ3v) is 8.99. The van der Waals surface area contributed by atoms with Crippen molar-refractivity contribution in [3.8, 4) is 5.88 Å². The van der Waals surface area contributed by atoms with Crippen LogP contribution in [0.1, 0.15) is 79.9 Å². The van der Waals surface area contributed by atoms with Crippen LogP contribution in [0.15, 0.2) is 60.8 Å². The smallest absolute Gasteiger partial charge is 0.338 e. The van der Waals surface area contributed by atoms with Crippen LogP contribution in [0.25, 0.3) is 21.9 Å². The van der Waals surface area contributed by atoms with Crippen LogP contribution in [0.3, 0.4) is 0 Å². The van der Waals surface area contributed by atoms with E-state index in [2.05, 4.69) is 14.6 Å². The molecule has 5 heterocycles. The number of ether oxygens (including phenoxy) is 3. The summed E-state index contributed by atoms with van der Waals surface area (Å²) in [6.45, 7) is 7.05. The van der Waals surface area contributed by atoms with Crippen LogP contribution in [0.4, 0.5) is 8.78 Å². The van der Waals surface area contributed by atoms with Gasteiger partial charge >= 0.3 is 12.5 Å². The van der Waals surface area contributed by atoms with Crippen LogP contribution >= 0.6 is 0 Å². The lowest BCUT2D eigenvalue weighted by molar-refractivity contribution is -0.0592. The molecule has 252 valence electrons. The number of alkyl halides is 2. The van der Waals surface area contributed by atoms with E-state index in [1.807, 2.05) is 57.2 Å². The number of pyridine rings is 1. The molecule has 7 rings (SSSR count). The Kier molecular flexibility index (Phi) is 8.86. The van der Waals surface area contributed by atoms with Gasteiger partial charge in [0.1, 0.15) is 18.0 Å². The molecule has 10 nitrogen and oxygen atoms in total. The Bertz CT molecular complexity index is 1920. The topological polar surface area (TPSA) is 96.5 Å². The number of fused-ring (bicyclic) bond motifs is 2. The van der Waals surface area contributed by atoms with Gasteiger partial charge in [0.15, 0.2) is 0 Å². The molecule has 2 aromatic carbocycles. The molecular formula is C36H40F2N6O4. The highest BCUT2D eigenvalue weighted by Gasteiger charge is 2.27. The maximum absolute atomic E-state index is 13.3. The second-order valence-corrected chi connectivity index (χ2v) is 13.6. The minimum atomic E-state index is -2.70. The van der Waals surface area contributed by atoms with Gasteiger partial charge in [-0.05, 0) is 89.0 Å². The highest BCUT2D eigenvalue weighted by molar-refractivity contribution is 5.94. The van der Waals surface area contributed by atoms with E-state index >= 15 is 0 Å². The fourth-order valence-electron chi connectivity index (χ4n) is 6.40. The van der Waals surface area contributed by atoms with Gasteiger partial charge in [-0.25, -0.2) is 19.4 Å². The first kappa shape index (κ1) is 32.1. The van der Waals surface area contributed by atoms with Crippen molar-refractivity contribution >= 4 is 27.9 Å². The van der Waals surface area contributed by atoms with Crippen molar-refractivity contribution in [3.63, 3.8) is 0 Å². The third-order valence-electron chi connectivity index (χ3n) is 8.99. The van der Waals surface area contributed by atoms with Crippen molar-refractivity contribution in [2.24, 2.45) is 0 Å². The predicted octanol–water partition coefficient (Wildman–Crippen LogP) is 6.88. The van der Waals surface area contributed by atoms with Crippen molar-refractivity contribution in [2.45, 2.75) is 83.9 Å². The number of benzene rings is 2. The molecule has 3 aromatic heterocycles. The Morgan fingerprint density at radius 1 is 1.02 bits per heavy atom. The van der Waals surface area contributed by atoms with Crippen LogP contribution in [-0.2, 0) is 29.2 Å². The number of esters is 1. The van der Waals surface area contributed by atoms with Crippen molar-refractivity contribution in [3.05, 3.63) is 83.4 Å². The Morgan fingerprint density at radius 2 is 1.83 bits per heavy atom. The van der Waals surface area contributed by atoms with E-state index in [9.17, 15) is 13.6 Å². The fraction of sp³-hybridized carbons (Fsp3) is 0.444. The first-order valence-electron chi connectivity index (χ1n) is 16.5. The molecule has 12 heteroatoms. The summed E-state index contributed by atoms with van der Waals surface area (Å²) in [5.74, 6) is 1.42. The number of rotatable bonds is 10. The first-order chi connectivity index (χ1) is 23.1. The average molecular weight is 659 g/mol. The van der Waals surface area contributed by atoms with Gasteiger partial charge in [0.25, 0.3) is 0 Å². The molecule has 5 aromatic rings. The highest BCUT2D eigenvalue weighted by Crippen LogP contribution is 2.30. The summed E-state index contributed by atoms with van der Waals surface area (Å²) in [5.41, 5.74) is 3.83. The lowest BCUT2D eigenvalue weighted by Gasteiger charge is -2.32. The molecule has 2 fully saturated rings. The molecule has 0 bridgehead atoms. The van der Waals surface area contributed by atoms with E-state index < -0.39 is 12.2 Å². The van der Waals surface area contributed by atoms with E-state index in [0.29, 0.717) is 46.0 Å². The molecule has 0 saturated carbocycles. The van der Waals surface area contributed by atoms with Gasteiger partial charge in [0.2, 0.25) is 5.88 Å². The van der Waals surface area contributed by atoms with Crippen molar-refractivity contribution in [1.82, 2.24) is 29.2 Å². The van der Waals surface area contributed by atoms with Crippen LogP contribution in [0.5, 0.6) is 5.88 Å². The number of carbonyl (C=O) groups excluding carboxylic acids is 1. The number of hydrogen-bond donors (Lipinski definition) is 0. The van der Waals surface area contributed by atoms with Gasteiger partial charge in [-0.3, -0.25) is 4.90 Å².